The van der Waals surface area contributed by atoms with Crippen LogP contribution in [0.5, 0.6) is 0 Å². The van der Waals surface area contributed by atoms with Crippen LogP contribution in [0.25, 0.3) is 0 Å². The molecule has 6 heteroatoms. The van der Waals surface area contributed by atoms with Gasteiger partial charge in [-0.2, -0.15) is 0 Å². The second-order valence-corrected chi connectivity index (χ2v) is 3.12. The average Bonchev–Trinajstić information content (AvgIpc) is 2.42. The van der Waals surface area contributed by atoms with Crippen molar-refractivity contribution in [3.63, 3.8) is 0 Å². The zero-order chi connectivity index (χ0) is 9.10. The minimum atomic E-state index is 0. The van der Waals surface area contributed by atoms with E-state index in [4.69, 9.17) is 9.15 Å². The molecule has 1 saturated heterocycles. The summed E-state index contributed by atoms with van der Waals surface area (Å²) in [5.41, 5.74) is 0. The first-order valence-corrected chi connectivity index (χ1v) is 4.46. The molecule has 1 aliphatic heterocycles. The van der Waals surface area contributed by atoms with E-state index < -0.39 is 0 Å². The Morgan fingerprint density at radius 2 is 2.29 bits per heavy atom. The summed E-state index contributed by atoms with van der Waals surface area (Å²) in [5, 5.41) is 10.7. The van der Waals surface area contributed by atoms with Crippen molar-refractivity contribution in [2.24, 2.45) is 0 Å². The molecule has 0 spiro atoms. The summed E-state index contributed by atoms with van der Waals surface area (Å²) >= 11 is 0. The maximum atomic E-state index is 5.50. The van der Waals surface area contributed by atoms with Gasteiger partial charge in [-0.25, -0.2) is 0 Å². The molecule has 0 unspecified atom stereocenters. The highest BCUT2D eigenvalue weighted by atomic mass is 35.5. The number of nitrogens with one attached hydrogen (secondary N) is 1. The smallest absolute Gasteiger partial charge is 0.218 e. The highest BCUT2D eigenvalue weighted by Gasteiger charge is 2.16. The normalized spacial score (nSPS) is 16.1. The predicted molar refractivity (Wildman–Crippen MR) is 52.6 cm³/mol. The molecule has 1 fully saturated rings. The number of aryl methyl sites for hydroxylation is 1. The minimum Gasteiger partial charge on any atom is -0.426 e. The number of aromatic nitrogens is 2. The van der Waals surface area contributed by atoms with E-state index in [9.17, 15) is 0 Å². The Bertz CT molecular complexity index is 275. The molecule has 1 N–H and O–H groups in total. The van der Waals surface area contributed by atoms with E-state index >= 15 is 0 Å². The topological polar surface area (TPSA) is 60.2 Å². The van der Waals surface area contributed by atoms with E-state index in [0.717, 1.165) is 13.1 Å². The van der Waals surface area contributed by atoms with Gasteiger partial charge in [-0.1, -0.05) is 0 Å². The lowest BCUT2D eigenvalue weighted by Crippen LogP contribution is -2.48. The second kappa shape index (κ2) is 5.29. The number of halogens is 1. The molecule has 80 valence electrons. The van der Waals surface area contributed by atoms with Crippen molar-refractivity contribution in [1.82, 2.24) is 15.5 Å². The third-order valence-electron chi connectivity index (χ3n) is 1.98. The fourth-order valence-electron chi connectivity index (χ4n) is 1.13. The lowest BCUT2D eigenvalue weighted by atomic mass is 10.2. The van der Waals surface area contributed by atoms with Crippen molar-refractivity contribution in [2.45, 2.75) is 19.4 Å². The molecular weight excluding hydrogens is 206 g/mol. The van der Waals surface area contributed by atoms with Crippen molar-refractivity contribution >= 4 is 12.4 Å². The van der Waals surface area contributed by atoms with Crippen molar-refractivity contribution < 1.29 is 9.15 Å². The largest absolute Gasteiger partial charge is 0.426 e. The summed E-state index contributed by atoms with van der Waals surface area (Å²) in [6.07, 6.45) is 1.08. The molecule has 0 radical (unpaired) electrons. The summed E-state index contributed by atoms with van der Waals surface area (Å²) in [7, 11) is 0. The molecule has 1 aliphatic rings. The molecule has 0 aliphatic carbocycles. The Morgan fingerprint density at radius 1 is 1.50 bits per heavy atom. The van der Waals surface area contributed by atoms with E-state index in [0.29, 0.717) is 30.9 Å². The summed E-state index contributed by atoms with van der Waals surface area (Å²) in [4.78, 5) is 0. The van der Waals surface area contributed by atoms with Gasteiger partial charge in [0, 0.05) is 26.4 Å². The summed E-state index contributed by atoms with van der Waals surface area (Å²) in [6.45, 7) is 4.37. The highest BCUT2D eigenvalue weighted by molar-refractivity contribution is 5.85. The summed E-state index contributed by atoms with van der Waals surface area (Å²) in [5.74, 6) is 1.27. The van der Waals surface area contributed by atoms with Gasteiger partial charge in [0.05, 0.1) is 12.7 Å². The maximum absolute atomic E-state index is 5.50. The Morgan fingerprint density at radius 3 is 2.79 bits per heavy atom. The van der Waals surface area contributed by atoms with Gasteiger partial charge in [-0.05, 0) is 0 Å². The van der Waals surface area contributed by atoms with Gasteiger partial charge in [0.2, 0.25) is 11.8 Å². The van der Waals surface area contributed by atoms with Crippen molar-refractivity contribution in [3.8, 4) is 0 Å². The van der Waals surface area contributed by atoms with E-state index in [-0.39, 0.29) is 12.4 Å². The molecule has 0 aromatic carbocycles. The van der Waals surface area contributed by atoms with Gasteiger partial charge in [-0.15, -0.1) is 22.6 Å². The first kappa shape index (κ1) is 11.4. The third-order valence-corrected chi connectivity index (χ3v) is 1.98. The van der Waals surface area contributed by atoms with Crippen LogP contribution in [-0.4, -0.2) is 36.0 Å². The molecule has 0 saturated carbocycles. The summed E-state index contributed by atoms with van der Waals surface area (Å²) < 4.78 is 10.7. The zero-order valence-corrected chi connectivity index (χ0v) is 8.84. The van der Waals surface area contributed by atoms with E-state index in [2.05, 4.69) is 15.5 Å². The Balaban J connectivity index is 0.000000980. The number of hydrogen-bond donors (Lipinski definition) is 1. The molecule has 5 nitrogen and oxygen atoms in total. The lowest BCUT2D eigenvalue weighted by molar-refractivity contribution is 0.0187. The van der Waals surface area contributed by atoms with Crippen LogP contribution in [0.15, 0.2) is 4.42 Å². The van der Waals surface area contributed by atoms with E-state index in [1.165, 1.54) is 0 Å². The van der Waals surface area contributed by atoms with Crippen LogP contribution in [0.2, 0.25) is 0 Å². The number of hydrogen-bond acceptors (Lipinski definition) is 5. The van der Waals surface area contributed by atoms with Gasteiger partial charge in [-0.3, -0.25) is 0 Å². The Hall–Kier alpha value is -0.650. The second-order valence-electron chi connectivity index (χ2n) is 3.12. The highest BCUT2D eigenvalue weighted by Crippen LogP contribution is 2.02. The minimum absolute atomic E-state index is 0. The number of ether oxygens (including phenoxy) is 1. The standard InChI is InChI=1S/C8H13N3O2.ClH/c1-6-10-11-8(13-6)2-3-12-7-4-9-5-7;/h7,9H,2-5H2,1H3;1H. The van der Waals surface area contributed by atoms with Crippen LogP contribution >= 0.6 is 12.4 Å². The van der Waals surface area contributed by atoms with Crippen LogP contribution in [0.1, 0.15) is 11.8 Å². The van der Waals surface area contributed by atoms with Crippen LogP contribution in [-0.2, 0) is 11.2 Å². The Kier molecular flexibility index (Phi) is 4.31. The number of nitrogens with zero attached hydrogens (tertiary/aromatic N) is 2. The molecule has 2 heterocycles. The van der Waals surface area contributed by atoms with Gasteiger partial charge in [0.1, 0.15) is 0 Å². The SMILES string of the molecule is Cc1nnc(CCOC2CNC2)o1.Cl. The molecule has 2 rings (SSSR count). The molecule has 0 atom stereocenters. The average molecular weight is 220 g/mol. The Labute approximate surface area is 88.6 Å². The molecule has 0 amide bonds. The molecule has 0 bridgehead atoms. The fraction of sp³-hybridized carbons (Fsp3) is 0.750. The van der Waals surface area contributed by atoms with Crippen LogP contribution in [0.4, 0.5) is 0 Å². The third kappa shape index (κ3) is 2.94. The predicted octanol–water partition coefficient (Wildman–Crippen LogP) is 0.331. The molecular formula is C8H14ClN3O2. The quantitative estimate of drug-likeness (QED) is 0.791. The van der Waals surface area contributed by atoms with Crippen molar-refractivity contribution in [2.75, 3.05) is 19.7 Å². The van der Waals surface area contributed by atoms with Crippen LogP contribution in [0.3, 0.4) is 0 Å². The van der Waals surface area contributed by atoms with Crippen LogP contribution in [0, 0.1) is 6.92 Å². The first-order chi connectivity index (χ1) is 6.34. The van der Waals surface area contributed by atoms with E-state index in [1.807, 2.05) is 0 Å². The fourth-order valence-corrected chi connectivity index (χ4v) is 1.13. The maximum Gasteiger partial charge on any atom is 0.218 e. The zero-order valence-electron chi connectivity index (χ0n) is 8.02. The van der Waals surface area contributed by atoms with Gasteiger partial charge < -0.3 is 14.5 Å². The monoisotopic (exact) mass is 219 g/mol. The lowest BCUT2D eigenvalue weighted by Gasteiger charge is -2.26. The van der Waals surface area contributed by atoms with Gasteiger partial charge >= 0.3 is 0 Å². The number of rotatable bonds is 4. The molecule has 1 aromatic rings. The molecule has 1 aromatic heterocycles. The first-order valence-electron chi connectivity index (χ1n) is 4.46. The summed E-state index contributed by atoms with van der Waals surface area (Å²) in [6, 6.07) is 0. The molecule has 14 heavy (non-hydrogen) atoms. The van der Waals surface area contributed by atoms with Gasteiger partial charge in [0.15, 0.2) is 0 Å². The van der Waals surface area contributed by atoms with Crippen LogP contribution < -0.4 is 5.32 Å². The van der Waals surface area contributed by atoms with Gasteiger partial charge in [0.25, 0.3) is 0 Å². The van der Waals surface area contributed by atoms with E-state index in [1.54, 1.807) is 6.92 Å². The van der Waals surface area contributed by atoms with Crippen molar-refractivity contribution in [1.29, 1.82) is 0 Å². The van der Waals surface area contributed by atoms with Crippen molar-refractivity contribution in [3.05, 3.63) is 11.8 Å².